The van der Waals surface area contributed by atoms with Crippen LogP contribution in [-0.2, 0) is 21.6 Å². The largest absolute Gasteiger partial charge is 0.383 e. The summed E-state index contributed by atoms with van der Waals surface area (Å²) in [6.07, 6.45) is 1.06. The van der Waals surface area contributed by atoms with E-state index in [0.717, 1.165) is 43.5 Å². The number of urea groups is 1. The molecule has 4 rings (SSSR count). The van der Waals surface area contributed by atoms with Gasteiger partial charge in [0, 0.05) is 44.6 Å². The van der Waals surface area contributed by atoms with Gasteiger partial charge in [0.25, 0.3) is 0 Å². The van der Waals surface area contributed by atoms with Crippen molar-refractivity contribution in [3.63, 3.8) is 0 Å². The van der Waals surface area contributed by atoms with Gasteiger partial charge in [0.15, 0.2) is 0 Å². The van der Waals surface area contributed by atoms with Gasteiger partial charge in [-0.1, -0.05) is 0 Å². The average Bonchev–Trinajstić information content (AvgIpc) is 3.19. The lowest BCUT2D eigenvalue weighted by Gasteiger charge is -2.40. The molecule has 1 aromatic rings. The molecular weight excluding hydrogens is 368 g/mol. The maximum Gasteiger partial charge on any atom is 0.320 e. The van der Waals surface area contributed by atoms with Crippen LogP contribution in [0.2, 0.25) is 0 Å². The molecule has 9 heteroatoms. The number of aromatic nitrogens is 1. The molecule has 0 spiro atoms. The van der Waals surface area contributed by atoms with Gasteiger partial charge >= 0.3 is 6.03 Å². The van der Waals surface area contributed by atoms with Crippen LogP contribution in [0.1, 0.15) is 23.5 Å². The molecule has 150 valence electrons. The number of nitrogens with zero attached hydrogens (tertiary/aromatic N) is 4. The molecule has 3 fully saturated rings. The highest BCUT2D eigenvalue weighted by atomic mass is 32.1. The third-order valence-corrected chi connectivity index (χ3v) is 6.47. The smallest absolute Gasteiger partial charge is 0.320 e. The minimum absolute atomic E-state index is 0.0617. The van der Waals surface area contributed by atoms with E-state index in [4.69, 9.17) is 14.5 Å². The van der Waals surface area contributed by atoms with E-state index in [1.165, 1.54) is 0 Å². The van der Waals surface area contributed by atoms with Gasteiger partial charge in [-0.3, -0.25) is 4.90 Å². The van der Waals surface area contributed by atoms with E-state index in [0.29, 0.717) is 52.2 Å². The van der Waals surface area contributed by atoms with Crippen LogP contribution in [-0.4, -0.2) is 96.5 Å². The number of carbonyl (C=O) groups excluding carboxylic acids is 1. The molecule has 8 nitrogen and oxygen atoms in total. The quantitative estimate of drug-likeness (QED) is 0.811. The molecule has 1 N–H and O–H groups in total. The van der Waals surface area contributed by atoms with Crippen molar-refractivity contribution in [1.82, 2.24) is 19.7 Å². The van der Waals surface area contributed by atoms with Gasteiger partial charge in [0.05, 0.1) is 38.7 Å². The lowest BCUT2D eigenvalue weighted by Crippen LogP contribution is -2.52. The topological polar surface area (TPSA) is 78.4 Å². The highest BCUT2D eigenvalue weighted by Gasteiger charge is 2.38. The summed E-state index contributed by atoms with van der Waals surface area (Å²) < 4.78 is 10.7. The molecule has 0 aromatic carbocycles. The van der Waals surface area contributed by atoms with Crippen molar-refractivity contribution in [2.45, 2.75) is 25.0 Å². The first kappa shape index (κ1) is 19.1. The van der Waals surface area contributed by atoms with Crippen molar-refractivity contribution in [3.05, 3.63) is 16.1 Å². The number of thiazole rings is 1. The molecule has 2 amide bonds. The van der Waals surface area contributed by atoms with Crippen molar-refractivity contribution < 1.29 is 19.4 Å². The summed E-state index contributed by atoms with van der Waals surface area (Å²) >= 11 is 1.61. The first-order valence-electron chi connectivity index (χ1n) is 9.73. The average molecular weight is 397 g/mol. The summed E-state index contributed by atoms with van der Waals surface area (Å²) in [5.74, 6) is 0. The fourth-order valence-corrected chi connectivity index (χ4v) is 4.75. The second-order valence-electron chi connectivity index (χ2n) is 7.42. The molecule has 0 aliphatic carbocycles. The van der Waals surface area contributed by atoms with Crippen LogP contribution in [0.5, 0.6) is 0 Å². The van der Waals surface area contributed by atoms with Gasteiger partial charge in [-0.25, -0.2) is 9.78 Å². The second-order valence-corrected chi connectivity index (χ2v) is 8.36. The predicted molar refractivity (Wildman–Crippen MR) is 101 cm³/mol. The monoisotopic (exact) mass is 396 g/mol. The lowest BCUT2D eigenvalue weighted by atomic mass is 9.89. The molecule has 27 heavy (non-hydrogen) atoms. The van der Waals surface area contributed by atoms with Crippen molar-refractivity contribution in [2.24, 2.45) is 0 Å². The number of hydrogen-bond donors (Lipinski definition) is 1. The Morgan fingerprint density at radius 1 is 1.04 bits per heavy atom. The summed E-state index contributed by atoms with van der Waals surface area (Å²) in [7, 11) is 0. The van der Waals surface area contributed by atoms with E-state index in [2.05, 4.69) is 4.90 Å². The third kappa shape index (κ3) is 4.43. The standard InChI is InChI=1S/C18H28N4O4S/c23-17(22-7-11-26-12-8-22)21-3-1-18(24,2-4-21)15-14-27-16(19-15)13-20-5-9-25-10-6-20/h14,24H,1-13H2. The van der Waals surface area contributed by atoms with Crippen LogP contribution in [0.25, 0.3) is 0 Å². The van der Waals surface area contributed by atoms with E-state index < -0.39 is 5.60 Å². The summed E-state index contributed by atoms with van der Waals surface area (Å²) in [5, 5.41) is 14.1. The van der Waals surface area contributed by atoms with E-state index in [1.54, 1.807) is 11.3 Å². The highest BCUT2D eigenvalue weighted by molar-refractivity contribution is 7.09. The zero-order chi connectivity index (χ0) is 18.7. The fraction of sp³-hybridized carbons (Fsp3) is 0.778. The fourth-order valence-electron chi connectivity index (χ4n) is 3.83. The van der Waals surface area contributed by atoms with Gasteiger partial charge in [0.2, 0.25) is 0 Å². The summed E-state index contributed by atoms with van der Waals surface area (Å²) in [4.78, 5) is 23.4. The molecule has 0 unspecified atom stereocenters. The number of ether oxygens (including phenoxy) is 2. The number of morpholine rings is 2. The Kier molecular flexibility index (Phi) is 5.93. The number of aliphatic hydroxyl groups is 1. The number of rotatable bonds is 3. The maximum atomic E-state index is 12.6. The zero-order valence-corrected chi connectivity index (χ0v) is 16.5. The summed E-state index contributed by atoms with van der Waals surface area (Å²) in [6, 6.07) is 0.0617. The maximum absolute atomic E-state index is 12.6. The van der Waals surface area contributed by atoms with Crippen molar-refractivity contribution >= 4 is 17.4 Å². The normalized spacial score (nSPS) is 24.2. The third-order valence-electron chi connectivity index (χ3n) is 5.63. The Hall–Kier alpha value is -1.26. The Labute approximate surface area is 163 Å². The number of piperidine rings is 1. The zero-order valence-electron chi connectivity index (χ0n) is 15.6. The van der Waals surface area contributed by atoms with Crippen LogP contribution < -0.4 is 0 Å². The first-order valence-corrected chi connectivity index (χ1v) is 10.6. The summed E-state index contributed by atoms with van der Waals surface area (Å²) in [5.41, 5.74) is -0.170. The van der Waals surface area contributed by atoms with Gasteiger partial charge in [-0.15, -0.1) is 11.3 Å². The van der Waals surface area contributed by atoms with Gasteiger partial charge < -0.3 is 24.4 Å². The van der Waals surface area contributed by atoms with Crippen LogP contribution in [0.4, 0.5) is 4.79 Å². The van der Waals surface area contributed by atoms with Crippen molar-refractivity contribution in [3.8, 4) is 0 Å². The Bertz CT molecular complexity index is 635. The predicted octanol–water partition coefficient (Wildman–Crippen LogP) is 0.711. The molecule has 0 saturated carbocycles. The van der Waals surface area contributed by atoms with E-state index in [1.807, 2.05) is 15.2 Å². The highest BCUT2D eigenvalue weighted by Crippen LogP contribution is 2.34. The molecule has 3 aliphatic heterocycles. The first-order chi connectivity index (χ1) is 13.1. The summed E-state index contributed by atoms with van der Waals surface area (Å²) in [6.45, 7) is 7.84. The van der Waals surface area contributed by atoms with Crippen molar-refractivity contribution in [1.29, 1.82) is 0 Å². The number of likely N-dealkylation sites (tertiary alicyclic amines) is 1. The van der Waals surface area contributed by atoms with Crippen LogP contribution in [0.3, 0.4) is 0 Å². The molecule has 0 atom stereocenters. The Morgan fingerprint density at radius 2 is 1.63 bits per heavy atom. The lowest BCUT2D eigenvalue weighted by molar-refractivity contribution is -0.0266. The molecule has 4 heterocycles. The SMILES string of the molecule is O=C(N1CCOCC1)N1CCC(O)(c2csc(CN3CCOCC3)n2)CC1. The molecule has 0 bridgehead atoms. The van der Waals surface area contributed by atoms with Gasteiger partial charge in [0.1, 0.15) is 10.6 Å². The molecule has 3 aliphatic rings. The Balaban J connectivity index is 1.32. The van der Waals surface area contributed by atoms with Crippen molar-refractivity contribution in [2.75, 3.05) is 65.7 Å². The van der Waals surface area contributed by atoms with Gasteiger partial charge in [-0.2, -0.15) is 0 Å². The molecular formula is C18H28N4O4S. The molecule has 3 saturated heterocycles. The minimum atomic E-state index is -0.929. The minimum Gasteiger partial charge on any atom is -0.383 e. The number of carbonyl (C=O) groups is 1. The van der Waals surface area contributed by atoms with E-state index >= 15 is 0 Å². The molecule has 1 aromatic heterocycles. The second kappa shape index (κ2) is 8.40. The van der Waals surface area contributed by atoms with E-state index in [9.17, 15) is 9.90 Å². The van der Waals surface area contributed by atoms with Crippen LogP contribution in [0.15, 0.2) is 5.38 Å². The number of amides is 2. The van der Waals surface area contributed by atoms with Crippen LogP contribution >= 0.6 is 11.3 Å². The number of hydrogen-bond acceptors (Lipinski definition) is 7. The molecule has 0 radical (unpaired) electrons. The Morgan fingerprint density at radius 3 is 2.30 bits per heavy atom. The van der Waals surface area contributed by atoms with Crippen LogP contribution in [0, 0.1) is 0 Å². The van der Waals surface area contributed by atoms with Gasteiger partial charge in [-0.05, 0) is 12.8 Å². The van der Waals surface area contributed by atoms with E-state index in [-0.39, 0.29) is 6.03 Å².